The molecule has 0 fully saturated rings. The van der Waals surface area contributed by atoms with Gasteiger partial charge in [-0.3, -0.25) is 0 Å². The maximum atomic E-state index is 13.0. The molecular formula is C14H10F4. The minimum Gasteiger partial charge on any atom is -0.207 e. The molecule has 0 spiro atoms. The van der Waals surface area contributed by atoms with E-state index < -0.39 is 17.6 Å². The predicted octanol–water partition coefficient (Wildman–Crippen LogP) is 4.82. The molecule has 0 atom stereocenters. The second-order valence-corrected chi connectivity index (χ2v) is 4.04. The number of hydrogen-bond acceptors (Lipinski definition) is 0. The highest BCUT2D eigenvalue weighted by Crippen LogP contribution is 2.33. The second kappa shape index (κ2) is 4.44. The first-order valence-electron chi connectivity index (χ1n) is 5.32. The van der Waals surface area contributed by atoms with Crippen molar-refractivity contribution in [2.45, 2.75) is 13.1 Å². The molecule has 0 nitrogen and oxygen atoms in total. The number of halogens is 4. The summed E-state index contributed by atoms with van der Waals surface area (Å²) in [7, 11) is 0. The Labute approximate surface area is 102 Å². The van der Waals surface area contributed by atoms with E-state index in [0.717, 1.165) is 6.07 Å². The summed E-state index contributed by atoms with van der Waals surface area (Å²) in [5, 5.41) is 0. The summed E-state index contributed by atoms with van der Waals surface area (Å²) in [6, 6.07) is 9.56. The first kappa shape index (κ1) is 12.6. The lowest BCUT2D eigenvalue weighted by Gasteiger charge is -2.11. The smallest absolute Gasteiger partial charge is 0.207 e. The molecule has 0 unspecified atom stereocenters. The average molecular weight is 254 g/mol. The molecule has 18 heavy (non-hydrogen) atoms. The third-order valence-corrected chi connectivity index (χ3v) is 2.69. The molecule has 0 aliphatic rings. The first-order valence-corrected chi connectivity index (χ1v) is 5.32. The van der Waals surface area contributed by atoms with Crippen LogP contribution in [0, 0.1) is 12.7 Å². The molecule has 0 amide bonds. The molecule has 0 N–H and O–H groups in total. The number of aryl methyl sites for hydroxylation is 1. The Balaban J connectivity index is 2.47. The van der Waals surface area contributed by atoms with Gasteiger partial charge in [0.2, 0.25) is 0 Å². The fraction of sp³-hybridized carbons (Fsp3) is 0.143. The van der Waals surface area contributed by atoms with Crippen LogP contribution in [0.5, 0.6) is 0 Å². The Morgan fingerprint density at radius 1 is 0.889 bits per heavy atom. The van der Waals surface area contributed by atoms with E-state index in [-0.39, 0.29) is 5.56 Å². The van der Waals surface area contributed by atoms with Crippen LogP contribution >= 0.6 is 0 Å². The zero-order chi connectivity index (χ0) is 13.3. The van der Waals surface area contributed by atoms with Crippen LogP contribution in [0.3, 0.4) is 0 Å². The van der Waals surface area contributed by atoms with E-state index in [1.807, 2.05) is 0 Å². The van der Waals surface area contributed by atoms with Crippen LogP contribution in [0.15, 0.2) is 42.5 Å². The highest BCUT2D eigenvalue weighted by Gasteiger charge is 2.32. The van der Waals surface area contributed by atoms with Crippen LogP contribution in [0.25, 0.3) is 11.1 Å². The molecule has 2 rings (SSSR count). The summed E-state index contributed by atoms with van der Waals surface area (Å²) < 4.78 is 50.8. The Morgan fingerprint density at radius 2 is 1.56 bits per heavy atom. The van der Waals surface area contributed by atoms with Gasteiger partial charge in [0, 0.05) is 0 Å². The number of rotatable bonds is 1. The third-order valence-electron chi connectivity index (χ3n) is 2.69. The summed E-state index contributed by atoms with van der Waals surface area (Å²) in [6.07, 6.45) is -4.36. The molecule has 0 saturated carbocycles. The van der Waals surface area contributed by atoms with Crippen LogP contribution in [0.4, 0.5) is 17.6 Å². The van der Waals surface area contributed by atoms with Gasteiger partial charge in [0.25, 0.3) is 0 Å². The molecule has 0 aliphatic carbocycles. The van der Waals surface area contributed by atoms with E-state index in [2.05, 4.69) is 0 Å². The van der Waals surface area contributed by atoms with Gasteiger partial charge >= 0.3 is 6.18 Å². The lowest BCUT2D eigenvalue weighted by molar-refractivity contribution is -0.138. The standard InChI is InChI=1S/C14H10F4/c1-9-7-11(5-6-13(9)14(16,17)18)10-3-2-4-12(15)8-10/h2-8H,1H3. The van der Waals surface area contributed by atoms with Crippen molar-refractivity contribution >= 4 is 0 Å². The van der Waals surface area contributed by atoms with Crippen LogP contribution in [-0.2, 0) is 6.18 Å². The fourth-order valence-electron chi connectivity index (χ4n) is 1.83. The van der Waals surface area contributed by atoms with Crippen molar-refractivity contribution in [3.8, 4) is 11.1 Å². The number of hydrogen-bond donors (Lipinski definition) is 0. The van der Waals surface area contributed by atoms with Crippen molar-refractivity contribution in [2.75, 3.05) is 0 Å². The first-order chi connectivity index (χ1) is 8.38. The SMILES string of the molecule is Cc1cc(-c2cccc(F)c2)ccc1C(F)(F)F. The zero-order valence-electron chi connectivity index (χ0n) is 9.55. The van der Waals surface area contributed by atoms with Gasteiger partial charge in [-0.15, -0.1) is 0 Å². The van der Waals surface area contributed by atoms with E-state index in [9.17, 15) is 17.6 Å². The van der Waals surface area contributed by atoms with Crippen molar-refractivity contribution in [1.82, 2.24) is 0 Å². The normalized spacial score (nSPS) is 11.6. The van der Waals surface area contributed by atoms with Gasteiger partial charge < -0.3 is 0 Å². The molecule has 0 heterocycles. The molecule has 4 heteroatoms. The lowest BCUT2D eigenvalue weighted by Crippen LogP contribution is -2.07. The summed E-state index contributed by atoms with van der Waals surface area (Å²) in [4.78, 5) is 0. The Morgan fingerprint density at radius 3 is 2.11 bits per heavy atom. The molecule has 2 aromatic rings. The van der Waals surface area contributed by atoms with Crippen molar-refractivity contribution in [3.63, 3.8) is 0 Å². The summed E-state index contributed by atoms with van der Waals surface area (Å²) >= 11 is 0. The molecule has 2 aromatic carbocycles. The molecule has 94 valence electrons. The number of alkyl halides is 3. The van der Waals surface area contributed by atoms with Gasteiger partial charge in [0.05, 0.1) is 5.56 Å². The lowest BCUT2D eigenvalue weighted by atomic mass is 9.99. The van der Waals surface area contributed by atoms with E-state index in [0.29, 0.717) is 11.1 Å². The van der Waals surface area contributed by atoms with Crippen molar-refractivity contribution in [2.24, 2.45) is 0 Å². The Hall–Kier alpha value is -1.84. The van der Waals surface area contributed by atoms with E-state index in [4.69, 9.17) is 0 Å². The van der Waals surface area contributed by atoms with Crippen molar-refractivity contribution in [3.05, 3.63) is 59.4 Å². The van der Waals surface area contributed by atoms with Crippen LogP contribution in [-0.4, -0.2) is 0 Å². The van der Waals surface area contributed by atoms with Gasteiger partial charge in [0.15, 0.2) is 0 Å². The molecule has 0 radical (unpaired) electrons. The summed E-state index contributed by atoms with van der Waals surface area (Å²) in [5.41, 5.74) is 0.596. The highest BCUT2D eigenvalue weighted by atomic mass is 19.4. The average Bonchev–Trinajstić information content (AvgIpc) is 2.27. The van der Waals surface area contributed by atoms with Gasteiger partial charge in [-0.05, 0) is 41.8 Å². The molecular weight excluding hydrogens is 244 g/mol. The summed E-state index contributed by atoms with van der Waals surface area (Å²) in [5.74, 6) is -0.412. The molecule has 0 saturated heterocycles. The monoisotopic (exact) mass is 254 g/mol. The largest absolute Gasteiger partial charge is 0.416 e. The maximum Gasteiger partial charge on any atom is 0.416 e. The van der Waals surface area contributed by atoms with Crippen LogP contribution in [0.1, 0.15) is 11.1 Å². The topological polar surface area (TPSA) is 0 Å². The van der Waals surface area contributed by atoms with Crippen LogP contribution < -0.4 is 0 Å². The third kappa shape index (κ3) is 2.53. The molecule has 0 aliphatic heterocycles. The van der Waals surface area contributed by atoms with Crippen LogP contribution in [0.2, 0.25) is 0 Å². The van der Waals surface area contributed by atoms with E-state index in [1.165, 1.54) is 37.3 Å². The van der Waals surface area contributed by atoms with Gasteiger partial charge in [0.1, 0.15) is 5.82 Å². The fourth-order valence-corrected chi connectivity index (χ4v) is 1.83. The minimum absolute atomic E-state index is 0.129. The molecule has 0 bridgehead atoms. The molecule has 0 aromatic heterocycles. The van der Waals surface area contributed by atoms with Gasteiger partial charge in [-0.2, -0.15) is 13.2 Å². The quantitative estimate of drug-likeness (QED) is 0.640. The van der Waals surface area contributed by atoms with E-state index in [1.54, 1.807) is 6.07 Å². The Bertz CT molecular complexity index is 570. The van der Waals surface area contributed by atoms with Gasteiger partial charge in [-0.25, -0.2) is 4.39 Å². The highest BCUT2D eigenvalue weighted by molar-refractivity contribution is 5.65. The maximum absolute atomic E-state index is 13.0. The Kier molecular flexibility index (Phi) is 3.11. The predicted molar refractivity (Wildman–Crippen MR) is 61.6 cm³/mol. The second-order valence-electron chi connectivity index (χ2n) is 4.04. The number of benzene rings is 2. The van der Waals surface area contributed by atoms with E-state index >= 15 is 0 Å². The minimum atomic E-state index is -4.36. The zero-order valence-corrected chi connectivity index (χ0v) is 9.55. The van der Waals surface area contributed by atoms with Crippen molar-refractivity contribution < 1.29 is 17.6 Å². The summed E-state index contributed by atoms with van der Waals surface area (Å²) in [6.45, 7) is 1.39. The van der Waals surface area contributed by atoms with Gasteiger partial charge in [-0.1, -0.05) is 24.3 Å². The van der Waals surface area contributed by atoms with Crippen molar-refractivity contribution in [1.29, 1.82) is 0 Å².